The Balaban J connectivity index is 2.33. The van der Waals surface area contributed by atoms with E-state index in [0.717, 1.165) is 5.01 Å². The van der Waals surface area contributed by atoms with E-state index in [-0.39, 0.29) is 12.3 Å². The van der Waals surface area contributed by atoms with Crippen molar-refractivity contribution in [2.24, 2.45) is 5.92 Å². The Morgan fingerprint density at radius 2 is 2.40 bits per heavy atom. The zero-order valence-corrected chi connectivity index (χ0v) is 12.4. The number of amides is 1. The summed E-state index contributed by atoms with van der Waals surface area (Å²) >= 11 is 1.47. The van der Waals surface area contributed by atoms with Crippen LogP contribution in [0.1, 0.15) is 29.6 Å². The van der Waals surface area contributed by atoms with E-state index in [1.807, 2.05) is 12.3 Å². The van der Waals surface area contributed by atoms with E-state index < -0.39 is 17.9 Å². The minimum Gasteiger partial charge on any atom is -0.481 e. The van der Waals surface area contributed by atoms with Gasteiger partial charge in [-0.3, -0.25) is 9.59 Å². The lowest BCUT2D eigenvalue weighted by molar-refractivity contribution is -0.152. The van der Waals surface area contributed by atoms with Gasteiger partial charge in [0.05, 0.1) is 29.3 Å². The van der Waals surface area contributed by atoms with Gasteiger partial charge in [-0.1, -0.05) is 0 Å². The minimum atomic E-state index is -0.879. The molecule has 2 unspecified atom stereocenters. The van der Waals surface area contributed by atoms with Crippen LogP contribution in [0.4, 0.5) is 0 Å². The van der Waals surface area contributed by atoms with Crippen LogP contribution in [0.2, 0.25) is 0 Å². The second kappa shape index (κ2) is 6.32. The van der Waals surface area contributed by atoms with E-state index in [0.29, 0.717) is 25.3 Å². The molecule has 0 aromatic carbocycles. The van der Waals surface area contributed by atoms with Gasteiger partial charge in [0.2, 0.25) is 5.91 Å². The number of carboxylic acid groups (broad SMARTS) is 1. The lowest BCUT2D eigenvalue weighted by Crippen LogP contribution is -2.46. The normalized spacial score (nSPS) is 23.1. The number of rotatable bonds is 5. The number of carbonyl (C=O) groups is 2. The third-order valence-electron chi connectivity index (χ3n) is 3.50. The van der Waals surface area contributed by atoms with Crippen molar-refractivity contribution in [3.05, 3.63) is 16.1 Å². The van der Waals surface area contributed by atoms with Gasteiger partial charge in [-0.15, -0.1) is 11.3 Å². The molecule has 1 aromatic rings. The van der Waals surface area contributed by atoms with E-state index >= 15 is 0 Å². The van der Waals surface area contributed by atoms with Crippen molar-refractivity contribution in [1.29, 1.82) is 0 Å². The summed E-state index contributed by atoms with van der Waals surface area (Å²) in [5.41, 5.74) is 0.670. The highest BCUT2D eigenvalue weighted by molar-refractivity contribution is 7.09. The molecule has 2 atom stereocenters. The van der Waals surface area contributed by atoms with Gasteiger partial charge in [-0.2, -0.15) is 0 Å². The monoisotopic (exact) mass is 298 g/mol. The number of aromatic nitrogens is 1. The highest BCUT2D eigenvalue weighted by Gasteiger charge is 2.41. The molecule has 1 aliphatic rings. The maximum atomic E-state index is 12.1. The summed E-state index contributed by atoms with van der Waals surface area (Å²) in [4.78, 5) is 29.6. The highest BCUT2D eigenvalue weighted by atomic mass is 32.1. The Bertz CT molecular complexity index is 502. The second-order valence-electron chi connectivity index (χ2n) is 4.80. The summed E-state index contributed by atoms with van der Waals surface area (Å²) in [6.45, 7) is 2.64. The lowest BCUT2D eigenvalue weighted by Gasteiger charge is -2.38. The average molecular weight is 298 g/mol. The van der Waals surface area contributed by atoms with Crippen molar-refractivity contribution >= 4 is 23.2 Å². The Kier molecular flexibility index (Phi) is 4.72. The number of carboxylic acids is 1. The molecule has 1 aromatic heterocycles. The summed E-state index contributed by atoms with van der Waals surface area (Å²) in [6.07, 6.45) is 0.624. The number of aliphatic carboxylic acids is 1. The van der Waals surface area contributed by atoms with Gasteiger partial charge in [0.1, 0.15) is 0 Å². The number of thiazole rings is 1. The summed E-state index contributed by atoms with van der Waals surface area (Å²) in [7, 11) is 1.56. The number of hydrogen-bond donors (Lipinski definition) is 1. The van der Waals surface area contributed by atoms with E-state index in [1.54, 1.807) is 12.0 Å². The van der Waals surface area contributed by atoms with Gasteiger partial charge >= 0.3 is 5.97 Å². The summed E-state index contributed by atoms with van der Waals surface area (Å²) < 4.78 is 5.02. The van der Waals surface area contributed by atoms with Crippen molar-refractivity contribution in [1.82, 2.24) is 9.88 Å². The maximum absolute atomic E-state index is 12.1. The molecule has 2 rings (SSSR count). The zero-order valence-electron chi connectivity index (χ0n) is 11.5. The van der Waals surface area contributed by atoms with E-state index in [2.05, 4.69) is 4.98 Å². The van der Waals surface area contributed by atoms with Crippen molar-refractivity contribution in [2.75, 3.05) is 20.3 Å². The first kappa shape index (κ1) is 14.9. The standard InChI is InChI=1S/C13H18N2O4S/c1-8-14-10(7-20-8)12-9(13(17)18)3-4-11(16)15(12)5-6-19-2/h7,9,12H,3-6H2,1-2H3,(H,17,18). The topological polar surface area (TPSA) is 79.7 Å². The van der Waals surface area contributed by atoms with Crippen LogP contribution < -0.4 is 0 Å². The highest BCUT2D eigenvalue weighted by Crippen LogP contribution is 2.37. The first-order valence-electron chi connectivity index (χ1n) is 6.48. The van der Waals surface area contributed by atoms with Crippen LogP contribution in [0, 0.1) is 12.8 Å². The van der Waals surface area contributed by atoms with Gasteiger partial charge in [0, 0.05) is 25.5 Å². The second-order valence-corrected chi connectivity index (χ2v) is 5.86. The molecule has 110 valence electrons. The van der Waals surface area contributed by atoms with Gasteiger partial charge in [0.15, 0.2) is 0 Å². The summed E-state index contributed by atoms with van der Waals surface area (Å²) in [5.74, 6) is -1.52. The fraction of sp³-hybridized carbons (Fsp3) is 0.615. The van der Waals surface area contributed by atoms with E-state index in [9.17, 15) is 14.7 Å². The molecule has 1 N–H and O–H groups in total. The van der Waals surface area contributed by atoms with E-state index in [4.69, 9.17) is 4.74 Å². The predicted octanol–water partition coefficient (Wildman–Crippen LogP) is 1.46. The molecule has 0 spiro atoms. The minimum absolute atomic E-state index is 0.0322. The van der Waals surface area contributed by atoms with Crippen LogP contribution in [0.5, 0.6) is 0 Å². The predicted molar refractivity (Wildman–Crippen MR) is 73.5 cm³/mol. The van der Waals surface area contributed by atoms with Crippen LogP contribution in [0.25, 0.3) is 0 Å². The van der Waals surface area contributed by atoms with Crippen LogP contribution in [-0.4, -0.2) is 47.1 Å². The van der Waals surface area contributed by atoms with Crippen molar-refractivity contribution in [3.63, 3.8) is 0 Å². The average Bonchev–Trinajstić information content (AvgIpc) is 2.83. The molecular formula is C13H18N2O4S. The lowest BCUT2D eigenvalue weighted by atomic mass is 9.87. The van der Waals surface area contributed by atoms with Gasteiger partial charge in [0.25, 0.3) is 0 Å². The summed E-state index contributed by atoms with van der Waals surface area (Å²) in [5, 5.41) is 12.1. The van der Waals surface area contributed by atoms with Crippen molar-refractivity contribution < 1.29 is 19.4 Å². The van der Waals surface area contributed by atoms with Gasteiger partial charge in [-0.25, -0.2) is 4.98 Å². The molecule has 1 saturated heterocycles. The number of nitrogens with zero attached hydrogens (tertiary/aromatic N) is 2. The SMILES string of the molecule is COCCN1C(=O)CCC(C(=O)O)C1c1csc(C)n1. The molecule has 6 nitrogen and oxygen atoms in total. The molecule has 0 bridgehead atoms. The number of ether oxygens (including phenoxy) is 1. The molecular weight excluding hydrogens is 280 g/mol. The molecule has 1 aliphatic heterocycles. The number of likely N-dealkylation sites (tertiary alicyclic amines) is 1. The van der Waals surface area contributed by atoms with Crippen molar-refractivity contribution in [2.45, 2.75) is 25.8 Å². The molecule has 0 aliphatic carbocycles. The smallest absolute Gasteiger partial charge is 0.309 e. The molecule has 20 heavy (non-hydrogen) atoms. The number of piperidine rings is 1. The Morgan fingerprint density at radius 3 is 2.95 bits per heavy atom. The Hall–Kier alpha value is -1.47. The van der Waals surface area contributed by atoms with Crippen molar-refractivity contribution in [3.8, 4) is 0 Å². The largest absolute Gasteiger partial charge is 0.481 e. The molecule has 2 heterocycles. The fourth-order valence-corrected chi connectivity index (χ4v) is 3.19. The van der Waals surface area contributed by atoms with Gasteiger partial charge < -0.3 is 14.7 Å². The maximum Gasteiger partial charge on any atom is 0.309 e. The molecule has 0 radical (unpaired) electrons. The van der Waals surface area contributed by atoms with Crippen LogP contribution in [-0.2, 0) is 14.3 Å². The number of aryl methyl sites for hydroxylation is 1. The quantitative estimate of drug-likeness (QED) is 0.890. The number of carbonyl (C=O) groups excluding carboxylic acids is 1. The van der Waals surface area contributed by atoms with Crippen LogP contribution in [0.3, 0.4) is 0 Å². The first-order valence-corrected chi connectivity index (χ1v) is 7.35. The molecule has 1 amide bonds. The number of hydrogen-bond acceptors (Lipinski definition) is 5. The third kappa shape index (κ3) is 2.99. The van der Waals surface area contributed by atoms with E-state index in [1.165, 1.54) is 11.3 Å². The summed E-state index contributed by atoms with van der Waals surface area (Å²) in [6, 6.07) is -0.492. The van der Waals surface area contributed by atoms with Gasteiger partial charge in [-0.05, 0) is 13.3 Å². The molecule has 0 saturated carbocycles. The Labute approximate surface area is 121 Å². The first-order chi connectivity index (χ1) is 9.54. The third-order valence-corrected chi connectivity index (χ3v) is 4.29. The molecule has 7 heteroatoms. The van der Waals surface area contributed by atoms with Crippen LogP contribution in [0.15, 0.2) is 5.38 Å². The fourth-order valence-electron chi connectivity index (χ4n) is 2.55. The zero-order chi connectivity index (χ0) is 14.7. The molecule has 1 fully saturated rings. The number of methoxy groups -OCH3 is 1. The van der Waals surface area contributed by atoms with Crippen LogP contribution >= 0.6 is 11.3 Å². The Morgan fingerprint density at radius 1 is 1.65 bits per heavy atom.